The van der Waals surface area contributed by atoms with Gasteiger partial charge in [-0.3, -0.25) is 4.55 Å². The number of ether oxygens (including phenoxy) is 2. The molecule has 1 aliphatic heterocycles. The zero-order valence-corrected chi connectivity index (χ0v) is 17.2. The molecule has 2 aliphatic rings. The van der Waals surface area contributed by atoms with Crippen molar-refractivity contribution in [3.05, 3.63) is 0 Å². The van der Waals surface area contributed by atoms with Crippen LogP contribution in [0.15, 0.2) is 0 Å². The Morgan fingerprint density at radius 2 is 1.77 bits per heavy atom. The summed E-state index contributed by atoms with van der Waals surface area (Å²) >= 11 is 0. The second kappa shape index (κ2) is 10.9. The van der Waals surface area contributed by atoms with Gasteiger partial charge in [-0.25, -0.2) is 4.18 Å². The third-order valence-corrected chi connectivity index (χ3v) is 5.79. The quantitative estimate of drug-likeness (QED) is 0.115. The van der Waals surface area contributed by atoms with E-state index in [-0.39, 0.29) is 26.1 Å². The van der Waals surface area contributed by atoms with Crippen molar-refractivity contribution >= 4 is 10.4 Å². The highest BCUT2D eigenvalue weighted by Crippen LogP contribution is 2.29. The lowest BCUT2D eigenvalue weighted by Crippen LogP contribution is -2.70. The van der Waals surface area contributed by atoms with Crippen molar-refractivity contribution in [2.24, 2.45) is 22.9 Å². The van der Waals surface area contributed by atoms with Gasteiger partial charge >= 0.3 is 10.4 Å². The van der Waals surface area contributed by atoms with Crippen LogP contribution in [0.25, 0.3) is 0 Å². The van der Waals surface area contributed by atoms with E-state index in [0.717, 1.165) is 0 Å². The molecule has 2 fully saturated rings. The predicted molar refractivity (Wildman–Crippen MR) is 103 cm³/mol. The van der Waals surface area contributed by atoms with Gasteiger partial charge in [-0.1, -0.05) is 0 Å². The van der Waals surface area contributed by atoms with E-state index in [4.69, 9.17) is 41.7 Å². The maximum absolute atomic E-state index is 11.5. The molecule has 13 N–H and O–H groups in total. The van der Waals surface area contributed by atoms with Gasteiger partial charge in [-0.05, 0) is 19.4 Å². The van der Waals surface area contributed by atoms with Crippen LogP contribution in [0.4, 0.5) is 0 Å². The minimum Gasteiger partial charge on any atom is -0.396 e. The Morgan fingerprint density at radius 1 is 1.10 bits per heavy atom. The van der Waals surface area contributed by atoms with Gasteiger partial charge in [0.05, 0.1) is 12.1 Å². The minimum absolute atomic E-state index is 0.107. The standard InChI is InChI=1S/C15H33N5O9S/c16-5-8-11(22)12(23)9(19)15(27-8)28-13-7(18)4-6(17)10(20-2-1-3-21)14(13)29-30(24,25)26/h6-15,20-23H,1-5,16-19H2,(H,24,25,26)/t6-,7+,8-,9-,10-,11-,12-,13-,14-,15-/m1/s1. The van der Waals surface area contributed by atoms with Gasteiger partial charge in [0.1, 0.15) is 30.5 Å². The maximum atomic E-state index is 11.5. The maximum Gasteiger partial charge on any atom is 0.397 e. The largest absolute Gasteiger partial charge is 0.397 e. The van der Waals surface area contributed by atoms with Crippen molar-refractivity contribution in [1.29, 1.82) is 0 Å². The molecule has 0 radical (unpaired) electrons. The summed E-state index contributed by atoms with van der Waals surface area (Å²) in [6.45, 7) is 0.0358. The fraction of sp³-hybridized carbons (Fsp3) is 1.00. The van der Waals surface area contributed by atoms with Crippen LogP contribution in [-0.2, 0) is 24.1 Å². The van der Waals surface area contributed by atoms with Crippen molar-refractivity contribution in [2.75, 3.05) is 19.7 Å². The first-order chi connectivity index (χ1) is 14.0. The summed E-state index contributed by atoms with van der Waals surface area (Å²) in [4.78, 5) is 0. The third kappa shape index (κ3) is 6.26. The van der Waals surface area contributed by atoms with Crippen LogP contribution in [-0.4, -0.2) is 109 Å². The number of hydrogen-bond donors (Lipinski definition) is 9. The molecule has 0 aromatic heterocycles. The van der Waals surface area contributed by atoms with Crippen LogP contribution in [0, 0.1) is 0 Å². The van der Waals surface area contributed by atoms with E-state index in [1.807, 2.05) is 0 Å². The van der Waals surface area contributed by atoms with E-state index in [2.05, 4.69) is 5.32 Å². The van der Waals surface area contributed by atoms with E-state index in [0.29, 0.717) is 6.42 Å². The van der Waals surface area contributed by atoms with Crippen molar-refractivity contribution < 1.29 is 41.9 Å². The molecule has 0 spiro atoms. The number of nitrogens with one attached hydrogen (secondary N) is 1. The molecule has 178 valence electrons. The van der Waals surface area contributed by atoms with Crippen molar-refractivity contribution in [1.82, 2.24) is 5.32 Å². The van der Waals surface area contributed by atoms with Crippen LogP contribution in [0.1, 0.15) is 12.8 Å². The van der Waals surface area contributed by atoms with Gasteiger partial charge < -0.3 is 53.0 Å². The second-order valence-electron chi connectivity index (χ2n) is 7.55. The Kier molecular flexibility index (Phi) is 9.32. The molecule has 30 heavy (non-hydrogen) atoms. The first kappa shape index (κ1) is 25.7. The van der Waals surface area contributed by atoms with E-state index < -0.39 is 71.4 Å². The molecule has 0 unspecified atom stereocenters. The number of nitrogens with two attached hydrogens (primary N) is 4. The molecule has 15 heteroatoms. The van der Waals surface area contributed by atoms with Crippen LogP contribution in [0.5, 0.6) is 0 Å². The van der Waals surface area contributed by atoms with Gasteiger partial charge in [-0.2, -0.15) is 8.42 Å². The number of rotatable bonds is 9. The average molecular weight is 460 g/mol. The predicted octanol–water partition coefficient (Wildman–Crippen LogP) is -5.31. The first-order valence-electron chi connectivity index (χ1n) is 9.64. The van der Waals surface area contributed by atoms with Crippen LogP contribution >= 0.6 is 0 Å². The van der Waals surface area contributed by atoms with Crippen LogP contribution in [0.2, 0.25) is 0 Å². The summed E-state index contributed by atoms with van der Waals surface area (Å²) in [5.74, 6) is 0. The fourth-order valence-electron chi connectivity index (χ4n) is 3.76. The lowest BCUT2D eigenvalue weighted by molar-refractivity contribution is -0.282. The summed E-state index contributed by atoms with van der Waals surface area (Å²) in [7, 11) is -4.92. The normalized spacial score (nSPS) is 42.9. The molecular weight excluding hydrogens is 426 g/mol. The summed E-state index contributed by atoms with van der Waals surface area (Å²) in [6.07, 6.45) is -7.02. The molecule has 14 nitrogen and oxygen atoms in total. The molecule has 2 rings (SSSR count). The van der Waals surface area contributed by atoms with Crippen LogP contribution < -0.4 is 28.3 Å². The molecule has 0 aromatic rings. The SMILES string of the molecule is NC[C@H]1O[C@H](O[C@H]2[C@H](OS(=O)(=O)O)[C@H](NCCCO)[C@H](N)C[C@@H]2N)[C@H](N)[C@@H](O)[C@@H]1O. The molecule has 1 saturated heterocycles. The van der Waals surface area contributed by atoms with Gasteiger partial charge in [0.2, 0.25) is 0 Å². The van der Waals surface area contributed by atoms with E-state index in [1.54, 1.807) is 0 Å². The Bertz CT molecular complexity index is 642. The zero-order valence-electron chi connectivity index (χ0n) is 16.4. The average Bonchev–Trinajstić information content (AvgIpc) is 2.66. The summed E-state index contributed by atoms with van der Waals surface area (Å²) < 4.78 is 48.4. The van der Waals surface area contributed by atoms with Crippen molar-refractivity contribution in [3.63, 3.8) is 0 Å². The molecule has 1 heterocycles. The highest BCUT2D eigenvalue weighted by Gasteiger charge is 2.50. The lowest BCUT2D eigenvalue weighted by atomic mass is 9.82. The minimum atomic E-state index is -4.92. The highest BCUT2D eigenvalue weighted by molar-refractivity contribution is 7.80. The van der Waals surface area contributed by atoms with Gasteiger partial charge in [0.25, 0.3) is 0 Å². The van der Waals surface area contributed by atoms with Crippen LogP contribution in [0.3, 0.4) is 0 Å². The smallest absolute Gasteiger partial charge is 0.396 e. The van der Waals surface area contributed by atoms with Gasteiger partial charge in [-0.15, -0.1) is 0 Å². The van der Waals surface area contributed by atoms with E-state index >= 15 is 0 Å². The Balaban J connectivity index is 2.26. The lowest BCUT2D eigenvalue weighted by Gasteiger charge is -2.47. The summed E-state index contributed by atoms with van der Waals surface area (Å²) in [5, 5.41) is 32.1. The number of aliphatic hydroxyl groups is 3. The zero-order chi connectivity index (χ0) is 22.6. The monoisotopic (exact) mass is 459 g/mol. The Labute approximate surface area is 174 Å². The molecule has 1 aliphatic carbocycles. The fourth-order valence-corrected chi connectivity index (χ4v) is 4.27. The summed E-state index contributed by atoms with van der Waals surface area (Å²) in [6, 6.07) is -3.50. The van der Waals surface area contributed by atoms with Crippen molar-refractivity contribution in [3.8, 4) is 0 Å². The van der Waals surface area contributed by atoms with E-state index in [9.17, 15) is 23.2 Å². The number of aliphatic hydroxyl groups excluding tert-OH is 3. The Hall–Kier alpha value is -0.530. The third-order valence-electron chi connectivity index (χ3n) is 5.32. The molecule has 0 bridgehead atoms. The van der Waals surface area contributed by atoms with Gasteiger partial charge in [0, 0.05) is 25.2 Å². The topological polar surface area (TPSA) is 259 Å². The van der Waals surface area contributed by atoms with Crippen molar-refractivity contribution in [2.45, 2.75) is 73.8 Å². The molecular formula is C15H33N5O9S. The molecule has 0 amide bonds. The molecule has 0 aromatic carbocycles. The summed E-state index contributed by atoms with van der Waals surface area (Å²) in [5.41, 5.74) is 23.7. The second-order valence-corrected chi connectivity index (χ2v) is 8.59. The van der Waals surface area contributed by atoms with Gasteiger partial charge in [0.15, 0.2) is 6.29 Å². The highest BCUT2D eigenvalue weighted by atomic mass is 32.3. The molecule has 10 atom stereocenters. The molecule has 1 saturated carbocycles. The van der Waals surface area contributed by atoms with E-state index in [1.165, 1.54) is 0 Å². The number of hydrogen-bond acceptors (Lipinski definition) is 13. The Morgan fingerprint density at radius 3 is 2.33 bits per heavy atom. The first-order valence-corrected chi connectivity index (χ1v) is 11.0.